The lowest BCUT2D eigenvalue weighted by molar-refractivity contribution is 0.532. The zero-order chi connectivity index (χ0) is 14.0. The summed E-state index contributed by atoms with van der Waals surface area (Å²) in [6.45, 7) is 7.92. The van der Waals surface area contributed by atoms with Gasteiger partial charge in [-0.05, 0) is 39.8 Å². The summed E-state index contributed by atoms with van der Waals surface area (Å²) in [6.07, 6.45) is 3.55. The predicted molar refractivity (Wildman–Crippen MR) is 81.3 cm³/mol. The van der Waals surface area contributed by atoms with Gasteiger partial charge in [-0.1, -0.05) is 0 Å². The second kappa shape index (κ2) is 5.66. The number of imidazole rings is 1. The fourth-order valence-electron chi connectivity index (χ4n) is 1.51. The Morgan fingerprint density at radius 2 is 2.16 bits per heavy atom. The predicted octanol–water partition coefficient (Wildman–Crippen LogP) is 3.25. The normalized spacial score (nSPS) is 15.4. The first-order chi connectivity index (χ1) is 8.88. The Morgan fingerprint density at radius 1 is 1.42 bits per heavy atom. The summed E-state index contributed by atoms with van der Waals surface area (Å²) in [5.74, 6) is 0.875. The molecule has 0 fully saturated rings. The molecule has 2 aromatic heterocycles. The first kappa shape index (κ1) is 14.6. The van der Waals surface area contributed by atoms with Gasteiger partial charge < -0.3 is 9.54 Å². The molecule has 2 rings (SSSR count). The number of aromatic nitrogens is 2. The van der Waals surface area contributed by atoms with Crippen LogP contribution in [0.1, 0.15) is 38.6 Å². The molecular weight excluding hydrogens is 278 g/mol. The molecule has 0 saturated carbocycles. The van der Waals surface area contributed by atoms with Crippen LogP contribution in [0.15, 0.2) is 24.5 Å². The van der Waals surface area contributed by atoms with E-state index in [0.29, 0.717) is 0 Å². The number of aromatic amines is 1. The molecule has 2 heterocycles. The maximum absolute atomic E-state index is 12.1. The molecule has 0 aromatic carbocycles. The van der Waals surface area contributed by atoms with Crippen molar-refractivity contribution in [3.8, 4) is 10.7 Å². The molecule has 2 atom stereocenters. The van der Waals surface area contributed by atoms with E-state index >= 15 is 0 Å². The van der Waals surface area contributed by atoms with Gasteiger partial charge in [-0.25, -0.2) is 4.98 Å². The third kappa shape index (κ3) is 3.60. The molecule has 0 amide bonds. The molecule has 0 radical (unpaired) electrons. The molecule has 2 aromatic rings. The van der Waals surface area contributed by atoms with E-state index in [4.69, 9.17) is 0 Å². The number of hydrogen-bond donors (Lipinski definition) is 2. The molecule has 0 bridgehead atoms. The van der Waals surface area contributed by atoms with E-state index in [9.17, 15) is 4.55 Å². The topological polar surface area (TPSA) is 63.8 Å². The maximum Gasteiger partial charge on any atom is 0.147 e. The SMILES string of the molecule is CC(N[S+]([O-])C(C)(C)C)c1ccc(-c2ncc[nH]2)s1. The van der Waals surface area contributed by atoms with Crippen molar-refractivity contribution in [1.29, 1.82) is 0 Å². The van der Waals surface area contributed by atoms with Crippen LogP contribution in [0.5, 0.6) is 0 Å². The zero-order valence-electron chi connectivity index (χ0n) is 11.6. The van der Waals surface area contributed by atoms with Crippen LogP contribution < -0.4 is 4.72 Å². The highest BCUT2D eigenvalue weighted by Gasteiger charge is 2.28. The first-order valence-corrected chi connectivity index (χ1v) is 8.12. The van der Waals surface area contributed by atoms with E-state index in [-0.39, 0.29) is 10.8 Å². The Labute approximate surface area is 121 Å². The molecule has 2 N–H and O–H groups in total. The van der Waals surface area contributed by atoms with Crippen LogP contribution >= 0.6 is 11.3 Å². The van der Waals surface area contributed by atoms with Crippen molar-refractivity contribution in [3.05, 3.63) is 29.4 Å². The average Bonchev–Trinajstić information content (AvgIpc) is 2.98. The standard InChI is InChI=1S/C13H19N3OS2/c1-9(16-19(17)13(2,3)4)10-5-6-11(18-10)12-14-7-8-15-12/h5-9,16H,1-4H3,(H,14,15). The number of H-pyrrole nitrogens is 1. The Morgan fingerprint density at radius 3 is 2.74 bits per heavy atom. The zero-order valence-corrected chi connectivity index (χ0v) is 13.2. The highest BCUT2D eigenvalue weighted by atomic mass is 32.2. The van der Waals surface area contributed by atoms with Gasteiger partial charge in [0.05, 0.1) is 10.9 Å². The van der Waals surface area contributed by atoms with E-state index in [0.717, 1.165) is 15.6 Å². The highest BCUT2D eigenvalue weighted by molar-refractivity contribution is 7.90. The molecule has 19 heavy (non-hydrogen) atoms. The van der Waals surface area contributed by atoms with Crippen molar-refractivity contribution < 1.29 is 4.55 Å². The lowest BCUT2D eigenvalue weighted by Gasteiger charge is -2.26. The van der Waals surface area contributed by atoms with Crippen molar-refractivity contribution in [3.63, 3.8) is 0 Å². The molecular formula is C13H19N3OS2. The average molecular weight is 297 g/mol. The van der Waals surface area contributed by atoms with Crippen molar-refractivity contribution in [2.45, 2.75) is 38.5 Å². The summed E-state index contributed by atoms with van der Waals surface area (Å²) in [5.41, 5.74) is 0. The monoisotopic (exact) mass is 297 g/mol. The van der Waals surface area contributed by atoms with Gasteiger partial charge in [0.25, 0.3) is 0 Å². The second-order valence-corrected chi connectivity index (χ2v) is 8.47. The molecule has 0 saturated heterocycles. The van der Waals surface area contributed by atoms with Gasteiger partial charge in [0.15, 0.2) is 0 Å². The summed E-state index contributed by atoms with van der Waals surface area (Å²) < 4.78 is 15.0. The quantitative estimate of drug-likeness (QED) is 0.851. The Hall–Kier alpha value is -0.820. The summed E-state index contributed by atoms with van der Waals surface area (Å²) in [5, 5.41) is 0. The van der Waals surface area contributed by atoms with E-state index < -0.39 is 11.4 Å². The van der Waals surface area contributed by atoms with E-state index in [2.05, 4.69) is 20.8 Å². The fraction of sp³-hybridized carbons (Fsp3) is 0.462. The van der Waals surface area contributed by atoms with Gasteiger partial charge in [-0.15, -0.1) is 16.1 Å². The van der Waals surface area contributed by atoms with Gasteiger partial charge in [0.2, 0.25) is 0 Å². The molecule has 0 aliphatic heterocycles. The number of nitrogens with zero attached hydrogens (tertiary/aromatic N) is 1. The van der Waals surface area contributed by atoms with Crippen molar-refractivity contribution >= 4 is 22.7 Å². The van der Waals surface area contributed by atoms with Crippen LogP contribution in [-0.4, -0.2) is 19.3 Å². The minimum Gasteiger partial charge on any atom is -0.598 e. The number of rotatable bonds is 4. The third-order valence-electron chi connectivity index (χ3n) is 2.63. The smallest absolute Gasteiger partial charge is 0.147 e. The molecule has 0 aliphatic carbocycles. The van der Waals surface area contributed by atoms with Crippen LogP contribution in [-0.2, 0) is 11.4 Å². The van der Waals surface area contributed by atoms with Crippen LogP contribution in [0.4, 0.5) is 0 Å². The van der Waals surface area contributed by atoms with E-state index in [1.807, 2.05) is 40.0 Å². The summed E-state index contributed by atoms with van der Waals surface area (Å²) in [7, 11) is 0. The fourth-order valence-corrected chi connectivity index (χ4v) is 3.35. The van der Waals surface area contributed by atoms with Gasteiger partial charge in [-0.3, -0.25) is 0 Å². The summed E-state index contributed by atoms with van der Waals surface area (Å²) in [4.78, 5) is 9.57. The third-order valence-corrected chi connectivity index (χ3v) is 5.58. The molecule has 0 aliphatic rings. The van der Waals surface area contributed by atoms with Crippen LogP contribution in [0.3, 0.4) is 0 Å². The van der Waals surface area contributed by atoms with Gasteiger partial charge in [0, 0.05) is 28.6 Å². The van der Waals surface area contributed by atoms with Gasteiger partial charge in [-0.2, -0.15) is 0 Å². The number of hydrogen-bond acceptors (Lipinski definition) is 4. The lowest BCUT2D eigenvalue weighted by Crippen LogP contribution is -2.40. The van der Waals surface area contributed by atoms with Crippen molar-refractivity contribution in [2.24, 2.45) is 0 Å². The van der Waals surface area contributed by atoms with Crippen LogP contribution in [0, 0.1) is 0 Å². The molecule has 104 valence electrons. The minimum absolute atomic E-state index is 0.0637. The molecule has 6 heteroatoms. The highest BCUT2D eigenvalue weighted by Crippen LogP contribution is 2.30. The lowest BCUT2D eigenvalue weighted by atomic mass is 10.3. The Bertz CT molecular complexity index is 516. The van der Waals surface area contributed by atoms with Crippen LogP contribution in [0.25, 0.3) is 10.7 Å². The largest absolute Gasteiger partial charge is 0.598 e. The summed E-state index contributed by atoms with van der Waals surface area (Å²) in [6, 6.07) is 4.16. The maximum atomic E-state index is 12.1. The Balaban J connectivity index is 2.06. The van der Waals surface area contributed by atoms with Gasteiger partial charge >= 0.3 is 0 Å². The second-order valence-electron chi connectivity index (χ2n) is 5.36. The van der Waals surface area contributed by atoms with E-state index in [1.54, 1.807) is 17.5 Å². The molecule has 2 unspecified atom stereocenters. The number of thiophene rings is 1. The van der Waals surface area contributed by atoms with Gasteiger partial charge in [0.1, 0.15) is 10.6 Å². The van der Waals surface area contributed by atoms with Crippen molar-refractivity contribution in [2.75, 3.05) is 0 Å². The van der Waals surface area contributed by atoms with E-state index in [1.165, 1.54) is 0 Å². The molecule has 4 nitrogen and oxygen atoms in total. The summed E-state index contributed by atoms with van der Waals surface area (Å²) >= 11 is 0.599. The van der Waals surface area contributed by atoms with Crippen molar-refractivity contribution in [1.82, 2.24) is 14.7 Å². The van der Waals surface area contributed by atoms with Crippen LogP contribution in [0.2, 0.25) is 0 Å². The first-order valence-electron chi connectivity index (χ1n) is 6.15. The number of nitrogens with one attached hydrogen (secondary N) is 2. The molecule has 0 spiro atoms. The minimum atomic E-state index is -1.06. The Kier molecular flexibility index (Phi) is 4.35.